The molecule has 0 bridgehead atoms. The lowest BCUT2D eigenvalue weighted by molar-refractivity contribution is -0.137. The summed E-state index contributed by atoms with van der Waals surface area (Å²) in [5.41, 5.74) is 2.69. The Morgan fingerprint density at radius 3 is 1.92 bits per heavy atom. The Kier molecular flexibility index (Phi) is 13.8. The van der Waals surface area contributed by atoms with Gasteiger partial charge in [-0.25, -0.2) is 4.79 Å². The van der Waals surface area contributed by atoms with Gasteiger partial charge in [-0.1, -0.05) is 49.8 Å². The molecule has 0 amide bonds. The fraction of sp³-hybridized carbons (Fsp3) is 0.273. The molecule has 0 atom stereocenters. The number of hydrogen-bond donors (Lipinski definition) is 1. The first-order valence-corrected chi connectivity index (χ1v) is 8.18. The summed E-state index contributed by atoms with van der Waals surface area (Å²) >= 11 is 0. The van der Waals surface area contributed by atoms with E-state index in [2.05, 4.69) is 12.8 Å². The van der Waals surface area contributed by atoms with E-state index in [1.165, 1.54) is 6.92 Å². The Bertz CT molecular complexity index is 687. The van der Waals surface area contributed by atoms with Crippen LogP contribution in [0.1, 0.15) is 45.7 Å². The molecular weight excluding hydrogens is 328 g/mol. The first kappa shape index (κ1) is 25.2. The van der Waals surface area contributed by atoms with E-state index in [1.54, 1.807) is 32.1 Å². The number of aryl methyl sites for hydroxylation is 1. The van der Waals surface area contributed by atoms with Crippen LogP contribution in [0, 0.1) is 19.8 Å². The van der Waals surface area contributed by atoms with E-state index in [-0.39, 0.29) is 5.57 Å². The summed E-state index contributed by atoms with van der Waals surface area (Å²) in [6.45, 7) is 10.6. The van der Waals surface area contributed by atoms with Gasteiger partial charge in [0.2, 0.25) is 0 Å². The van der Waals surface area contributed by atoms with E-state index >= 15 is 0 Å². The fourth-order valence-electron chi connectivity index (χ4n) is 1.77. The number of ether oxygens (including phenoxy) is 1. The van der Waals surface area contributed by atoms with Crippen LogP contribution in [0.25, 0.3) is 6.08 Å². The van der Waals surface area contributed by atoms with Gasteiger partial charge in [0, 0.05) is 6.92 Å². The average molecular weight is 356 g/mol. The molecule has 26 heavy (non-hydrogen) atoms. The van der Waals surface area contributed by atoms with Crippen LogP contribution < -0.4 is 0 Å². The number of aliphatic carboxylic acids is 1. The Morgan fingerprint density at radius 1 is 1.00 bits per heavy atom. The van der Waals surface area contributed by atoms with Gasteiger partial charge < -0.3 is 9.84 Å². The Hall–Kier alpha value is -3.06. The second kappa shape index (κ2) is 14.3. The maximum absolute atomic E-state index is 11.4. The highest BCUT2D eigenvalue weighted by atomic mass is 16.5. The SMILES string of the molecule is C#C.CC.CC(=O)O/C(C)=C/C=C(C)/C(=C\c1ccc(C)cc1)C(=O)O. The standard InChI is InChI=1S/C18H20O4.C2H6.C2H2/c1-12-5-9-16(10-6-12)11-17(18(20)21)13(2)7-8-14(3)22-15(4)19;2*1-2/h5-11H,1-4H3,(H,20,21);1-2H3;1-2H/b13-7+,14-8+,17-11+;;. The third kappa shape index (κ3) is 10.7. The van der Waals surface area contributed by atoms with E-state index in [1.807, 2.05) is 45.0 Å². The lowest BCUT2D eigenvalue weighted by Crippen LogP contribution is -2.02. The molecule has 0 radical (unpaired) electrons. The summed E-state index contributed by atoms with van der Waals surface area (Å²) in [7, 11) is 0. The smallest absolute Gasteiger partial charge is 0.335 e. The van der Waals surface area contributed by atoms with E-state index in [4.69, 9.17) is 4.74 Å². The predicted molar refractivity (Wildman–Crippen MR) is 107 cm³/mol. The van der Waals surface area contributed by atoms with Crippen LogP contribution in [-0.4, -0.2) is 17.0 Å². The Labute approximate surface area is 156 Å². The minimum absolute atomic E-state index is 0.190. The zero-order valence-electron chi connectivity index (χ0n) is 16.4. The number of rotatable bonds is 5. The number of carbonyl (C=O) groups excluding carboxylic acids is 1. The van der Waals surface area contributed by atoms with Crippen LogP contribution in [0.2, 0.25) is 0 Å². The van der Waals surface area contributed by atoms with Crippen molar-refractivity contribution in [3.63, 3.8) is 0 Å². The molecule has 0 saturated heterocycles. The topological polar surface area (TPSA) is 63.6 Å². The van der Waals surface area contributed by atoms with E-state index in [0.717, 1.165) is 11.1 Å². The highest BCUT2D eigenvalue weighted by molar-refractivity contribution is 5.97. The van der Waals surface area contributed by atoms with E-state index in [9.17, 15) is 14.7 Å². The van der Waals surface area contributed by atoms with Crippen molar-refractivity contribution >= 4 is 18.0 Å². The quantitative estimate of drug-likeness (QED) is 0.260. The first-order valence-electron chi connectivity index (χ1n) is 8.18. The summed E-state index contributed by atoms with van der Waals surface area (Å²) in [5, 5.41) is 9.36. The van der Waals surface area contributed by atoms with Crippen molar-refractivity contribution < 1.29 is 19.4 Å². The average Bonchev–Trinajstić information content (AvgIpc) is 2.61. The van der Waals surface area contributed by atoms with E-state index < -0.39 is 11.9 Å². The second-order valence-corrected chi connectivity index (χ2v) is 4.99. The number of allylic oxidation sites excluding steroid dienone is 3. The highest BCUT2D eigenvalue weighted by Crippen LogP contribution is 2.16. The number of terminal acetylenes is 1. The molecule has 0 spiro atoms. The number of carboxylic acid groups (broad SMARTS) is 1. The maximum atomic E-state index is 11.4. The van der Waals surface area contributed by atoms with Crippen LogP contribution in [-0.2, 0) is 14.3 Å². The van der Waals surface area contributed by atoms with Gasteiger partial charge in [-0.3, -0.25) is 4.79 Å². The molecule has 0 fully saturated rings. The molecule has 4 nitrogen and oxygen atoms in total. The van der Waals surface area contributed by atoms with Gasteiger partial charge in [0.1, 0.15) is 5.76 Å². The van der Waals surface area contributed by atoms with Crippen LogP contribution >= 0.6 is 0 Å². The van der Waals surface area contributed by atoms with Gasteiger partial charge in [0.15, 0.2) is 0 Å². The molecule has 4 heteroatoms. The summed E-state index contributed by atoms with van der Waals surface area (Å²) in [5.74, 6) is -1.01. The second-order valence-electron chi connectivity index (χ2n) is 4.99. The molecule has 140 valence electrons. The van der Waals surface area contributed by atoms with E-state index in [0.29, 0.717) is 11.3 Å². The summed E-state index contributed by atoms with van der Waals surface area (Å²) in [6.07, 6.45) is 12.8. The molecule has 0 heterocycles. The van der Waals surface area contributed by atoms with Crippen molar-refractivity contribution in [2.24, 2.45) is 0 Å². The van der Waals surface area contributed by atoms with Gasteiger partial charge in [0.25, 0.3) is 0 Å². The molecule has 1 N–H and O–H groups in total. The summed E-state index contributed by atoms with van der Waals surface area (Å²) < 4.78 is 4.88. The lowest BCUT2D eigenvalue weighted by Gasteiger charge is -2.04. The third-order valence-electron chi connectivity index (χ3n) is 2.92. The number of carbonyl (C=O) groups is 2. The zero-order chi connectivity index (χ0) is 20.7. The van der Waals surface area contributed by atoms with Crippen molar-refractivity contribution in [1.82, 2.24) is 0 Å². The van der Waals surface area contributed by atoms with Gasteiger partial charge in [0.05, 0.1) is 5.57 Å². The van der Waals surface area contributed by atoms with Crippen molar-refractivity contribution in [3.8, 4) is 12.8 Å². The molecule has 1 aromatic carbocycles. The summed E-state index contributed by atoms with van der Waals surface area (Å²) in [4.78, 5) is 22.2. The number of esters is 1. The van der Waals surface area contributed by atoms with Crippen LogP contribution in [0.3, 0.4) is 0 Å². The lowest BCUT2D eigenvalue weighted by atomic mass is 10.0. The monoisotopic (exact) mass is 356 g/mol. The maximum Gasteiger partial charge on any atom is 0.335 e. The van der Waals surface area contributed by atoms with Crippen molar-refractivity contribution in [2.75, 3.05) is 0 Å². The molecule has 0 saturated carbocycles. The molecule has 0 aliphatic rings. The van der Waals surface area contributed by atoms with Crippen molar-refractivity contribution in [2.45, 2.75) is 41.5 Å². The molecule has 0 aromatic heterocycles. The van der Waals surface area contributed by atoms with Gasteiger partial charge >= 0.3 is 11.9 Å². The number of benzene rings is 1. The Morgan fingerprint density at radius 2 is 1.50 bits per heavy atom. The number of hydrogen-bond acceptors (Lipinski definition) is 3. The highest BCUT2D eigenvalue weighted by Gasteiger charge is 2.09. The molecule has 1 rings (SSSR count). The predicted octanol–water partition coefficient (Wildman–Crippen LogP) is 5.15. The van der Waals surface area contributed by atoms with Crippen LogP contribution in [0.4, 0.5) is 0 Å². The van der Waals surface area contributed by atoms with Gasteiger partial charge in [-0.2, -0.15) is 0 Å². The Balaban J connectivity index is 0. The molecule has 0 aliphatic heterocycles. The van der Waals surface area contributed by atoms with Crippen molar-refractivity contribution in [1.29, 1.82) is 0 Å². The summed E-state index contributed by atoms with van der Waals surface area (Å²) in [6, 6.07) is 7.58. The van der Waals surface area contributed by atoms with Crippen molar-refractivity contribution in [3.05, 3.63) is 64.4 Å². The van der Waals surface area contributed by atoms with Gasteiger partial charge in [-0.05, 0) is 44.1 Å². The minimum atomic E-state index is -1.01. The van der Waals surface area contributed by atoms with Crippen LogP contribution in [0.15, 0.2) is 53.3 Å². The number of carboxylic acids is 1. The molecule has 1 aromatic rings. The molecule has 0 aliphatic carbocycles. The molecular formula is C22H28O4. The zero-order valence-corrected chi connectivity index (χ0v) is 16.4. The fourth-order valence-corrected chi connectivity index (χ4v) is 1.77. The van der Waals surface area contributed by atoms with Crippen LogP contribution in [0.5, 0.6) is 0 Å². The van der Waals surface area contributed by atoms with Gasteiger partial charge in [-0.15, -0.1) is 12.8 Å². The largest absolute Gasteiger partial charge is 0.478 e. The first-order chi connectivity index (χ1) is 12.3. The molecule has 0 unspecified atom stereocenters. The third-order valence-corrected chi connectivity index (χ3v) is 2.92. The minimum Gasteiger partial charge on any atom is -0.478 e. The normalized spacial score (nSPS) is 11.3.